The van der Waals surface area contributed by atoms with Gasteiger partial charge in [0.2, 0.25) is 0 Å². The van der Waals surface area contributed by atoms with Gasteiger partial charge in [0.25, 0.3) is 5.91 Å². The molecule has 1 amide bonds. The van der Waals surface area contributed by atoms with Crippen molar-refractivity contribution in [3.63, 3.8) is 0 Å². The molecule has 2 rings (SSSR count). The molecule has 1 fully saturated rings. The number of thioether (sulfide) groups is 1. The highest BCUT2D eigenvalue weighted by molar-refractivity contribution is 7.99. The molecule has 1 N–H and O–H groups in total. The Balaban J connectivity index is 1.91. The van der Waals surface area contributed by atoms with E-state index in [0.717, 1.165) is 12.2 Å². The molecule has 0 bridgehead atoms. The molecule has 88 valence electrons. The highest BCUT2D eigenvalue weighted by atomic mass is 32.2. The van der Waals surface area contributed by atoms with Crippen LogP contribution in [-0.2, 0) is 0 Å². The fourth-order valence-electron chi connectivity index (χ4n) is 2.07. The molecule has 16 heavy (non-hydrogen) atoms. The molecule has 2 atom stereocenters. The molecule has 0 aromatic carbocycles. The fourth-order valence-corrected chi connectivity index (χ4v) is 3.80. The van der Waals surface area contributed by atoms with Gasteiger partial charge in [0.1, 0.15) is 5.69 Å². The Labute approximate surface area is 104 Å². The Kier molecular flexibility index (Phi) is 4.23. The Morgan fingerprint density at radius 1 is 1.69 bits per heavy atom. The van der Waals surface area contributed by atoms with Crippen molar-refractivity contribution >= 4 is 29.0 Å². The molecule has 1 aromatic heterocycles. The van der Waals surface area contributed by atoms with E-state index in [9.17, 15) is 4.79 Å². The smallest absolute Gasteiger partial charge is 0.271 e. The van der Waals surface area contributed by atoms with Crippen molar-refractivity contribution < 1.29 is 4.79 Å². The summed E-state index contributed by atoms with van der Waals surface area (Å²) in [7, 11) is 0. The van der Waals surface area contributed by atoms with Crippen LogP contribution in [0, 0.1) is 0 Å². The number of nitrogens with zero attached hydrogens (tertiary/aromatic N) is 1. The van der Waals surface area contributed by atoms with Crippen LogP contribution in [0.4, 0.5) is 0 Å². The topological polar surface area (TPSA) is 42.0 Å². The largest absolute Gasteiger partial charge is 0.347 e. The number of carbonyl (C=O) groups excluding carboxylic acids is 1. The molecule has 3 nitrogen and oxygen atoms in total. The first kappa shape index (κ1) is 11.9. The minimum Gasteiger partial charge on any atom is -0.347 e. The van der Waals surface area contributed by atoms with Crippen molar-refractivity contribution in [3.05, 3.63) is 16.6 Å². The number of hydrogen-bond donors (Lipinski definition) is 1. The van der Waals surface area contributed by atoms with E-state index in [1.54, 1.807) is 10.9 Å². The van der Waals surface area contributed by atoms with Gasteiger partial charge in [-0.25, -0.2) is 4.98 Å². The van der Waals surface area contributed by atoms with E-state index in [2.05, 4.69) is 17.2 Å². The van der Waals surface area contributed by atoms with Gasteiger partial charge in [-0.05, 0) is 18.6 Å². The highest BCUT2D eigenvalue weighted by Gasteiger charge is 2.28. The number of nitrogens with one attached hydrogen (secondary N) is 1. The number of rotatable bonds is 4. The Bertz CT molecular complexity index is 340. The van der Waals surface area contributed by atoms with Crippen molar-refractivity contribution in [2.45, 2.75) is 37.5 Å². The quantitative estimate of drug-likeness (QED) is 0.900. The zero-order valence-corrected chi connectivity index (χ0v) is 10.9. The van der Waals surface area contributed by atoms with Crippen LogP contribution in [0.2, 0.25) is 0 Å². The zero-order chi connectivity index (χ0) is 11.4. The van der Waals surface area contributed by atoms with Crippen LogP contribution in [0.3, 0.4) is 0 Å². The van der Waals surface area contributed by atoms with E-state index in [1.807, 2.05) is 11.8 Å². The van der Waals surface area contributed by atoms with Gasteiger partial charge >= 0.3 is 0 Å². The molecule has 1 aliphatic rings. The lowest BCUT2D eigenvalue weighted by Crippen LogP contribution is -2.38. The number of carbonyl (C=O) groups is 1. The summed E-state index contributed by atoms with van der Waals surface area (Å²) in [6, 6.07) is 0.333. The van der Waals surface area contributed by atoms with E-state index in [1.165, 1.54) is 24.2 Å². The van der Waals surface area contributed by atoms with Gasteiger partial charge in [0, 0.05) is 16.7 Å². The standard InChI is InChI=1S/C11H16N2OS2/c1-2-16-10-5-3-4-8(10)13-11(14)9-6-15-7-12-9/h6-8,10H,2-5H2,1H3,(H,13,14). The number of thiazole rings is 1. The molecular weight excluding hydrogens is 240 g/mol. The van der Waals surface area contributed by atoms with Gasteiger partial charge in [-0.1, -0.05) is 13.3 Å². The third-order valence-corrected chi connectivity index (χ3v) is 4.73. The van der Waals surface area contributed by atoms with Crippen molar-refractivity contribution in [1.82, 2.24) is 10.3 Å². The van der Waals surface area contributed by atoms with Crippen LogP contribution in [0.15, 0.2) is 10.9 Å². The second-order valence-electron chi connectivity index (χ2n) is 3.88. The molecule has 0 spiro atoms. The summed E-state index contributed by atoms with van der Waals surface area (Å²) in [4.78, 5) is 15.9. The summed E-state index contributed by atoms with van der Waals surface area (Å²) >= 11 is 3.41. The van der Waals surface area contributed by atoms with Crippen LogP contribution in [-0.4, -0.2) is 27.9 Å². The summed E-state index contributed by atoms with van der Waals surface area (Å²) in [6.45, 7) is 2.17. The average molecular weight is 256 g/mol. The lowest BCUT2D eigenvalue weighted by Gasteiger charge is -2.19. The summed E-state index contributed by atoms with van der Waals surface area (Å²) in [5.41, 5.74) is 2.25. The number of amides is 1. The maximum absolute atomic E-state index is 11.8. The van der Waals surface area contributed by atoms with Crippen LogP contribution < -0.4 is 5.32 Å². The van der Waals surface area contributed by atoms with Gasteiger partial charge in [0.15, 0.2) is 0 Å². The fraction of sp³-hybridized carbons (Fsp3) is 0.636. The van der Waals surface area contributed by atoms with Crippen molar-refractivity contribution in [1.29, 1.82) is 0 Å². The monoisotopic (exact) mass is 256 g/mol. The third-order valence-electron chi connectivity index (χ3n) is 2.81. The van der Waals surface area contributed by atoms with Gasteiger partial charge in [-0.2, -0.15) is 11.8 Å². The maximum atomic E-state index is 11.8. The first-order chi connectivity index (χ1) is 7.81. The summed E-state index contributed by atoms with van der Waals surface area (Å²) in [5.74, 6) is 1.10. The number of hydrogen-bond acceptors (Lipinski definition) is 4. The van der Waals surface area contributed by atoms with Crippen LogP contribution in [0.5, 0.6) is 0 Å². The van der Waals surface area contributed by atoms with Crippen molar-refractivity contribution in [2.24, 2.45) is 0 Å². The first-order valence-corrected chi connectivity index (χ1v) is 7.61. The van der Waals surface area contributed by atoms with Crippen molar-refractivity contribution in [2.75, 3.05) is 5.75 Å². The molecule has 1 heterocycles. The third kappa shape index (κ3) is 2.77. The lowest BCUT2D eigenvalue weighted by atomic mass is 10.2. The second-order valence-corrected chi connectivity index (χ2v) is 6.11. The van der Waals surface area contributed by atoms with Gasteiger partial charge < -0.3 is 5.32 Å². The molecule has 1 saturated carbocycles. The number of aromatic nitrogens is 1. The Morgan fingerprint density at radius 2 is 2.56 bits per heavy atom. The maximum Gasteiger partial charge on any atom is 0.271 e. The average Bonchev–Trinajstić information content (AvgIpc) is 2.90. The predicted octanol–water partition coefficient (Wildman–Crippen LogP) is 2.55. The van der Waals surface area contributed by atoms with E-state index in [0.29, 0.717) is 17.0 Å². The summed E-state index contributed by atoms with van der Waals surface area (Å²) in [5, 5.41) is 5.49. The molecule has 0 saturated heterocycles. The molecule has 0 aliphatic heterocycles. The molecule has 1 aliphatic carbocycles. The van der Waals surface area contributed by atoms with E-state index in [4.69, 9.17) is 0 Å². The Morgan fingerprint density at radius 3 is 3.25 bits per heavy atom. The minimum absolute atomic E-state index is 0.0187. The predicted molar refractivity (Wildman–Crippen MR) is 69.1 cm³/mol. The minimum atomic E-state index is -0.0187. The summed E-state index contributed by atoms with van der Waals surface area (Å²) in [6.07, 6.45) is 3.55. The van der Waals surface area contributed by atoms with Crippen LogP contribution in [0.1, 0.15) is 36.7 Å². The van der Waals surface area contributed by atoms with E-state index in [-0.39, 0.29) is 5.91 Å². The van der Waals surface area contributed by atoms with E-state index >= 15 is 0 Å². The van der Waals surface area contributed by atoms with Crippen LogP contribution in [0.25, 0.3) is 0 Å². The second kappa shape index (κ2) is 5.68. The molecule has 1 aromatic rings. The van der Waals surface area contributed by atoms with Gasteiger partial charge in [-0.3, -0.25) is 4.79 Å². The molecule has 2 unspecified atom stereocenters. The van der Waals surface area contributed by atoms with Crippen molar-refractivity contribution in [3.8, 4) is 0 Å². The SMILES string of the molecule is CCSC1CCCC1NC(=O)c1cscn1. The van der Waals surface area contributed by atoms with Crippen LogP contribution >= 0.6 is 23.1 Å². The molecule has 5 heteroatoms. The lowest BCUT2D eigenvalue weighted by molar-refractivity contribution is 0.0934. The zero-order valence-electron chi connectivity index (χ0n) is 9.31. The van der Waals surface area contributed by atoms with Gasteiger partial charge in [0.05, 0.1) is 5.51 Å². The highest BCUT2D eigenvalue weighted by Crippen LogP contribution is 2.29. The van der Waals surface area contributed by atoms with Gasteiger partial charge in [-0.15, -0.1) is 11.3 Å². The first-order valence-electron chi connectivity index (χ1n) is 5.62. The Hall–Kier alpha value is -0.550. The molecular formula is C11H16N2OS2. The normalized spacial score (nSPS) is 24.6. The summed E-state index contributed by atoms with van der Waals surface area (Å²) < 4.78 is 0. The van der Waals surface area contributed by atoms with E-state index < -0.39 is 0 Å². The molecule has 0 radical (unpaired) electrons.